The third kappa shape index (κ3) is 10.8. The third-order valence-electron chi connectivity index (χ3n) is 3.16. The Hall–Kier alpha value is -0.890. The van der Waals surface area contributed by atoms with Crippen LogP contribution in [0.3, 0.4) is 0 Å². The predicted molar refractivity (Wildman–Crippen MR) is 110 cm³/mol. The van der Waals surface area contributed by atoms with Crippen LogP contribution in [0.25, 0.3) is 0 Å². The number of halogens is 2. The largest absolute Gasteiger partial charge is 0.381 e. The number of guanidine groups is 1. The summed E-state index contributed by atoms with van der Waals surface area (Å²) >= 11 is 0. The minimum absolute atomic E-state index is 0. The second-order valence-corrected chi connectivity index (χ2v) is 5.85. The molecule has 0 aliphatic rings. The molecule has 1 aromatic carbocycles. The van der Waals surface area contributed by atoms with Crippen molar-refractivity contribution in [2.75, 3.05) is 32.8 Å². The van der Waals surface area contributed by atoms with Crippen LogP contribution in [0, 0.1) is 11.7 Å². The summed E-state index contributed by atoms with van der Waals surface area (Å²) in [5.41, 5.74) is 0.720. The SMILES string of the molecule is CCNC(=NCCCOCC(C)C)NCCc1ccccc1F.I. The summed E-state index contributed by atoms with van der Waals surface area (Å²) in [6.07, 6.45) is 1.53. The van der Waals surface area contributed by atoms with Gasteiger partial charge in [-0.05, 0) is 37.3 Å². The summed E-state index contributed by atoms with van der Waals surface area (Å²) in [5.74, 6) is 1.18. The highest BCUT2D eigenvalue weighted by Crippen LogP contribution is 2.06. The molecule has 0 heterocycles. The fourth-order valence-electron chi connectivity index (χ4n) is 2.03. The van der Waals surface area contributed by atoms with Crippen LogP contribution in [0.15, 0.2) is 29.3 Å². The smallest absolute Gasteiger partial charge is 0.191 e. The van der Waals surface area contributed by atoms with Crippen molar-refractivity contribution in [2.24, 2.45) is 10.9 Å². The number of nitrogens with zero attached hydrogens (tertiary/aromatic N) is 1. The fraction of sp³-hybridized carbons (Fsp3) is 0.611. The normalized spacial score (nSPS) is 11.3. The number of ether oxygens (including phenoxy) is 1. The first kappa shape index (κ1) is 23.1. The summed E-state index contributed by atoms with van der Waals surface area (Å²) in [6, 6.07) is 6.87. The van der Waals surface area contributed by atoms with Crippen molar-refractivity contribution < 1.29 is 9.13 Å². The number of rotatable bonds is 10. The van der Waals surface area contributed by atoms with Crippen molar-refractivity contribution in [3.8, 4) is 0 Å². The predicted octanol–water partition coefficient (Wildman–Crippen LogP) is 3.60. The van der Waals surface area contributed by atoms with Gasteiger partial charge in [-0.25, -0.2) is 4.39 Å². The maximum Gasteiger partial charge on any atom is 0.191 e. The van der Waals surface area contributed by atoms with Crippen LogP contribution < -0.4 is 10.6 Å². The van der Waals surface area contributed by atoms with E-state index in [0.29, 0.717) is 25.4 Å². The van der Waals surface area contributed by atoms with E-state index in [1.807, 2.05) is 19.1 Å². The van der Waals surface area contributed by atoms with E-state index in [9.17, 15) is 4.39 Å². The highest BCUT2D eigenvalue weighted by atomic mass is 127. The standard InChI is InChI=1S/C18H30FN3O.HI/c1-4-20-18(21-11-7-13-23-14-15(2)3)22-12-10-16-8-5-6-9-17(16)19;/h5-6,8-9,15H,4,7,10-14H2,1-3H3,(H2,20,21,22);1H. The van der Waals surface area contributed by atoms with Crippen molar-refractivity contribution in [1.29, 1.82) is 0 Å². The molecule has 24 heavy (non-hydrogen) atoms. The Balaban J connectivity index is 0.00000529. The first-order valence-electron chi connectivity index (χ1n) is 8.46. The molecule has 0 saturated heterocycles. The Morgan fingerprint density at radius 1 is 1.25 bits per heavy atom. The van der Waals surface area contributed by atoms with Crippen LogP contribution in [-0.4, -0.2) is 38.8 Å². The van der Waals surface area contributed by atoms with Crippen LogP contribution in [-0.2, 0) is 11.2 Å². The number of nitrogens with one attached hydrogen (secondary N) is 2. The second kappa shape index (κ2) is 14.5. The first-order chi connectivity index (χ1) is 11.1. The molecule has 0 aliphatic heterocycles. The molecule has 1 aromatic rings. The summed E-state index contributed by atoms with van der Waals surface area (Å²) in [6.45, 7) is 10.0. The van der Waals surface area contributed by atoms with Gasteiger partial charge in [0.1, 0.15) is 5.82 Å². The van der Waals surface area contributed by atoms with Crippen LogP contribution in [0.5, 0.6) is 0 Å². The van der Waals surface area contributed by atoms with Crippen molar-refractivity contribution >= 4 is 29.9 Å². The molecule has 6 heteroatoms. The minimum Gasteiger partial charge on any atom is -0.381 e. The number of hydrogen-bond donors (Lipinski definition) is 2. The van der Waals surface area contributed by atoms with E-state index in [1.54, 1.807) is 6.07 Å². The molecule has 0 spiro atoms. The monoisotopic (exact) mass is 451 g/mol. The average Bonchev–Trinajstić information content (AvgIpc) is 2.52. The fourth-order valence-corrected chi connectivity index (χ4v) is 2.03. The quantitative estimate of drug-likeness (QED) is 0.247. The van der Waals surface area contributed by atoms with E-state index < -0.39 is 0 Å². The lowest BCUT2D eigenvalue weighted by Crippen LogP contribution is -2.38. The Bertz CT molecular complexity index is 469. The summed E-state index contributed by atoms with van der Waals surface area (Å²) in [7, 11) is 0. The molecule has 0 aromatic heterocycles. The Morgan fingerprint density at radius 2 is 2.00 bits per heavy atom. The third-order valence-corrected chi connectivity index (χ3v) is 3.16. The average molecular weight is 451 g/mol. The van der Waals surface area contributed by atoms with E-state index >= 15 is 0 Å². The van der Waals surface area contributed by atoms with Crippen LogP contribution in [0.4, 0.5) is 4.39 Å². The van der Waals surface area contributed by atoms with Crippen molar-refractivity contribution in [2.45, 2.75) is 33.6 Å². The zero-order chi connectivity index (χ0) is 16.9. The van der Waals surface area contributed by atoms with Gasteiger partial charge in [0.2, 0.25) is 0 Å². The molecular weight excluding hydrogens is 420 g/mol. The first-order valence-corrected chi connectivity index (χ1v) is 8.46. The van der Waals surface area contributed by atoms with Crippen LogP contribution in [0.1, 0.15) is 32.8 Å². The molecule has 1 rings (SSSR count). The van der Waals surface area contributed by atoms with Gasteiger partial charge >= 0.3 is 0 Å². The maximum atomic E-state index is 13.6. The molecule has 0 unspecified atom stereocenters. The minimum atomic E-state index is -0.154. The molecule has 0 fully saturated rings. The summed E-state index contributed by atoms with van der Waals surface area (Å²) in [5, 5.41) is 6.43. The van der Waals surface area contributed by atoms with Gasteiger partial charge < -0.3 is 15.4 Å². The molecule has 0 radical (unpaired) electrons. The molecule has 4 nitrogen and oxygen atoms in total. The molecule has 0 aliphatic carbocycles. The Kier molecular flexibility index (Phi) is 13.9. The van der Waals surface area contributed by atoms with Crippen LogP contribution >= 0.6 is 24.0 Å². The van der Waals surface area contributed by atoms with Gasteiger partial charge in [0.25, 0.3) is 0 Å². The van der Waals surface area contributed by atoms with E-state index in [1.165, 1.54) is 6.07 Å². The molecule has 0 amide bonds. The lowest BCUT2D eigenvalue weighted by molar-refractivity contribution is 0.109. The molecule has 0 saturated carbocycles. The van der Waals surface area contributed by atoms with E-state index in [2.05, 4.69) is 29.5 Å². The Morgan fingerprint density at radius 3 is 2.67 bits per heavy atom. The van der Waals surface area contributed by atoms with Gasteiger partial charge in [-0.15, -0.1) is 24.0 Å². The second-order valence-electron chi connectivity index (χ2n) is 5.85. The zero-order valence-electron chi connectivity index (χ0n) is 15.0. The molecular formula is C18H31FIN3O. The van der Waals surface area contributed by atoms with E-state index in [0.717, 1.165) is 37.7 Å². The molecule has 0 atom stereocenters. The topological polar surface area (TPSA) is 45.7 Å². The van der Waals surface area contributed by atoms with Gasteiger partial charge in [0.15, 0.2) is 5.96 Å². The number of benzene rings is 1. The van der Waals surface area contributed by atoms with E-state index in [4.69, 9.17) is 4.74 Å². The lowest BCUT2D eigenvalue weighted by Gasteiger charge is -2.12. The van der Waals surface area contributed by atoms with Crippen molar-refractivity contribution in [3.05, 3.63) is 35.6 Å². The molecule has 0 bridgehead atoms. The Labute approximate surface area is 162 Å². The highest BCUT2D eigenvalue weighted by molar-refractivity contribution is 14.0. The van der Waals surface area contributed by atoms with Gasteiger partial charge in [-0.1, -0.05) is 32.0 Å². The molecule has 138 valence electrons. The highest BCUT2D eigenvalue weighted by Gasteiger charge is 2.01. The summed E-state index contributed by atoms with van der Waals surface area (Å²) in [4.78, 5) is 4.50. The van der Waals surface area contributed by atoms with E-state index in [-0.39, 0.29) is 29.8 Å². The van der Waals surface area contributed by atoms with Crippen LogP contribution in [0.2, 0.25) is 0 Å². The van der Waals surface area contributed by atoms with Gasteiger partial charge in [0, 0.05) is 32.8 Å². The molecule has 2 N–H and O–H groups in total. The summed E-state index contributed by atoms with van der Waals surface area (Å²) < 4.78 is 19.1. The van der Waals surface area contributed by atoms with Gasteiger partial charge in [-0.2, -0.15) is 0 Å². The zero-order valence-corrected chi connectivity index (χ0v) is 17.3. The number of hydrogen-bond acceptors (Lipinski definition) is 2. The number of aliphatic imine (C=N–C) groups is 1. The maximum absolute atomic E-state index is 13.6. The van der Waals surface area contributed by atoms with Crippen molar-refractivity contribution in [3.63, 3.8) is 0 Å². The lowest BCUT2D eigenvalue weighted by atomic mass is 10.1. The van der Waals surface area contributed by atoms with Gasteiger partial charge in [-0.3, -0.25) is 4.99 Å². The van der Waals surface area contributed by atoms with Crippen molar-refractivity contribution in [1.82, 2.24) is 10.6 Å². The van der Waals surface area contributed by atoms with Gasteiger partial charge in [0.05, 0.1) is 0 Å².